The van der Waals surface area contributed by atoms with Gasteiger partial charge < -0.3 is 24.7 Å². The Morgan fingerprint density at radius 2 is 1.30 bits per heavy atom. The summed E-state index contributed by atoms with van der Waals surface area (Å²) in [5, 5.41) is 0. The number of nitrogens with two attached hydrogens (primary N) is 1. The zero-order chi connectivity index (χ0) is 24.1. The molecule has 7 heteroatoms. The molecule has 0 aliphatic heterocycles. The van der Waals surface area contributed by atoms with Crippen molar-refractivity contribution >= 4 is 23.7 Å². The minimum absolute atomic E-state index is 0.243. The zero-order valence-electron chi connectivity index (χ0n) is 19.3. The number of hydrogen-bond acceptors (Lipinski definition) is 7. The van der Waals surface area contributed by atoms with Crippen molar-refractivity contribution in [2.45, 2.75) is 19.8 Å². The van der Waals surface area contributed by atoms with Crippen molar-refractivity contribution in [3.63, 3.8) is 0 Å². The first-order chi connectivity index (χ1) is 16.0. The number of ketones is 2. The topological polar surface area (TPSA) is 97.1 Å². The molecular weight excluding hydrogens is 422 g/mol. The Labute approximate surface area is 194 Å². The van der Waals surface area contributed by atoms with Gasteiger partial charge in [0.05, 0.1) is 27.2 Å². The van der Waals surface area contributed by atoms with Crippen LogP contribution in [0.15, 0.2) is 48.6 Å². The summed E-state index contributed by atoms with van der Waals surface area (Å²) in [5.41, 5.74) is 6.86. The second-order valence-corrected chi connectivity index (χ2v) is 7.07. The lowest BCUT2D eigenvalue weighted by Crippen LogP contribution is -2.10. The van der Waals surface area contributed by atoms with Gasteiger partial charge in [-0.1, -0.05) is 6.92 Å². The maximum absolute atomic E-state index is 12.3. The van der Waals surface area contributed by atoms with Crippen molar-refractivity contribution in [3.05, 3.63) is 59.7 Å². The van der Waals surface area contributed by atoms with Gasteiger partial charge in [-0.25, -0.2) is 0 Å². The lowest BCUT2D eigenvalue weighted by Gasteiger charge is -2.09. The van der Waals surface area contributed by atoms with Crippen molar-refractivity contribution in [3.8, 4) is 23.0 Å². The largest absolute Gasteiger partial charge is 0.496 e. The number of carbonyl (C=O) groups excluding carboxylic acids is 2. The predicted octanol–water partition coefficient (Wildman–Crippen LogP) is 4.09. The minimum Gasteiger partial charge on any atom is -0.496 e. The number of rotatable bonds is 14. The molecule has 0 aliphatic rings. The summed E-state index contributed by atoms with van der Waals surface area (Å²) >= 11 is 0. The van der Waals surface area contributed by atoms with Crippen molar-refractivity contribution in [2.24, 2.45) is 5.73 Å². The molecule has 33 heavy (non-hydrogen) atoms. The second-order valence-electron chi connectivity index (χ2n) is 7.07. The Hall–Kier alpha value is -3.58. The molecular formula is C26H31NO6. The highest BCUT2D eigenvalue weighted by Gasteiger charge is 2.08. The molecule has 2 aromatic rings. The highest BCUT2D eigenvalue weighted by molar-refractivity contribution is 6.11. The van der Waals surface area contributed by atoms with Crippen LogP contribution in [0.3, 0.4) is 0 Å². The Morgan fingerprint density at radius 3 is 1.73 bits per heavy atom. The quantitative estimate of drug-likeness (QED) is 0.340. The van der Waals surface area contributed by atoms with Gasteiger partial charge in [-0.3, -0.25) is 9.59 Å². The summed E-state index contributed by atoms with van der Waals surface area (Å²) < 4.78 is 21.8. The molecule has 0 aromatic heterocycles. The lowest BCUT2D eigenvalue weighted by molar-refractivity contribution is -0.121. The maximum atomic E-state index is 12.3. The van der Waals surface area contributed by atoms with Gasteiger partial charge in [-0.2, -0.15) is 0 Å². The minimum atomic E-state index is -0.314. The van der Waals surface area contributed by atoms with E-state index in [0.29, 0.717) is 48.3 Å². The van der Waals surface area contributed by atoms with Gasteiger partial charge in [0.2, 0.25) is 0 Å². The van der Waals surface area contributed by atoms with Crippen molar-refractivity contribution < 1.29 is 28.5 Å². The molecule has 0 saturated heterocycles. The number of carbonyl (C=O) groups is 2. The van der Waals surface area contributed by atoms with Crippen LogP contribution in [0.4, 0.5) is 0 Å². The van der Waals surface area contributed by atoms with Crippen molar-refractivity contribution in [1.82, 2.24) is 0 Å². The van der Waals surface area contributed by atoms with Crippen LogP contribution < -0.4 is 24.7 Å². The fourth-order valence-corrected chi connectivity index (χ4v) is 2.89. The van der Waals surface area contributed by atoms with Gasteiger partial charge in [-0.05, 0) is 55.0 Å². The fourth-order valence-electron chi connectivity index (χ4n) is 2.89. The van der Waals surface area contributed by atoms with Gasteiger partial charge in [-0.15, -0.1) is 0 Å². The first-order valence-corrected chi connectivity index (χ1v) is 10.7. The Kier molecular flexibility index (Phi) is 10.7. The Bertz CT molecular complexity index is 917. The van der Waals surface area contributed by atoms with Crippen LogP contribution in [0.25, 0.3) is 12.2 Å². The van der Waals surface area contributed by atoms with E-state index in [4.69, 9.17) is 24.7 Å². The highest BCUT2D eigenvalue weighted by Crippen LogP contribution is 2.27. The van der Waals surface area contributed by atoms with Gasteiger partial charge in [0.15, 0.2) is 11.6 Å². The first-order valence-electron chi connectivity index (χ1n) is 10.7. The summed E-state index contributed by atoms with van der Waals surface area (Å²) in [6, 6.07) is 10.7. The van der Waals surface area contributed by atoms with Gasteiger partial charge in [0.25, 0.3) is 0 Å². The number of ether oxygens (including phenoxy) is 4. The van der Waals surface area contributed by atoms with Crippen LogP contribution in [0.2, 0.25) is 0 Å². The van der Waals surface area contributed by atoms with Crippen LogP contribution in [-0.4, -0.2) is 45.5 Å². The van der Waals surface area contributed by atoms with Gasteiger partial charge in [0, 0.05) is 29.8 Å². The fraction of sp³-hybridized carbons (Fsp3) is 0.308. The predicted molar refractivity (Wildman–Crippen MR) is 129 cm³/mol. The van der Waals surface area contributed by atoms with Crippen LogP contribution >= 0.6 is 0 Å². The first kappa shape index (κ1) is 25.7. The van der Waals surface area contributed by atoms with Crippen molar-refractivity contribution in [2.75, 3.05) is 34.0 Å². The molecule has 7 nitrogen and oxygen atoms in total. The average Bonchev–Trinajstić information content (AvgIpc) is 2.83. The SMILES string of the molecule is CCCOc1ccc(/C=C/C(=O)CC(=O)/C=C/c2ccc(OCCN)cc2OC)c(OC)c1. The molecule has 2 N–H and O–H groups in total. The van der Waals surface area contributed by atoms with E-state index in [-0.39, 0.29) is 18.0 Å². The maximum Gasteiger partial charge on any atom is 0.163 e. The highest BCUT2D eigenvalue weighted by atomic mass is 16.5. The van der Waals surface area contributed by atoms with E-state index < -0.39 is 0 Å². The van der Waals surface area contributed by atoms with Crippen LogP contribution in [0, 0.1) is 0 Å². The lowest BCUT2D eigenvalue weighted by atomic mass is 10.1. The summed E-state index contributed by atoms with van der Waals surface area (Å²) in [5.74, 6) is 1.84. The van der Waals surface area contributed by atoms with E-state index in [1.54, 1.807) is 43.5 Å². The number of hydrogen-bond donors (Lipinski definition) is 1. The monoisotopic (exact) mass is 453 g/mol. The van der Waals surface area contributed by atoms with E-state index in [1.807, 2.05) is 19.1 Å². The number of methoxy groups -OCH3 is 2. The number of allylic oxidation sites excluding steroid dienone is 2. The smallest absolute Gasteiger partial charge is 0.163 e. The summed E-state index contributed by atoms with van der Waals surface area (Å²) in [4.78, 5) is 24.5. The molecule has 0 atom stereocenters. The van der Waals surface area contributed by atoms with Gasteiger partial charge in [0.1, 0.15) is 29.6 Å². The third-order valence-electron chi connectivity index (χ3n) is 4.52. The molecule has 176 valence electrons. The molecule has 0 fully saturated rings. The van der Waals surface area contributed by atoms with E-state index in [9.17, 15) is 9.59 Å². The van der Waals surface area contributed by atoms with E-state index in [1.165, 1.54) is 19.3 Å². The molecule has 2 aromatic carbocycles. The molecule has 0 radical (unpaired) electrons. The molecule has 0 bridgehead atoms. The van der Waals surface area contributed by atoms with E-state index in [0.717, 1.165) is 12.0 Å². The third-order valence-corrected chi connectivity index (χ3v) is 4.52. The van der Waals surface area contributed by atoms with Crippen LogP contribution in [-0.2, 0) is 9.59 Å². The van der Waals surface area contributed by atoms with Crippen LogP contribution in [0.5, 0.6) is 23.0 Å². The molecule has 0 unspecified atom stereocenters. The van der Waals surface area contributed by atoms with E-state index in [2.05, 4.69) is 0 Å². The molecule has 0 amide bonds. The Morgan fingerprint density at radius 1 is 0.818 bits per heavy atom. The molecule has 0 heterocycles. The van der Waals surface area contributed by atoms with Crippen molar-refractivity contribution in [1.29, 1.82) is 0 Å². The zero-order valence-corrected chi connectivity index (χ0v) is 19.3. The normalized spacial score (nSPS) is 11.0. The van der Waals surface area contributed by atoms with Crippen LogP contribution in [0.1, 0.15) is 30.9 Å². The Balaban J connectivity index is 1.98. The number of benzene rings is 2. The molecule has 0 spiro atoms. The summed E-state index contributed by atoms with van der Waals surface area (Å²) in [6.45, 7) is 3.45. The summed E-state index contributed by atoms with van der Waals surface area (Å²) in [6.07, 6.45) is 6.65. The average molecular weight is 454 g/mol. The third kappa shape index (κ3) is 8.46. The second kappa shape index (κ2) is 13.8. The summed E-state index contributed by atoms with van der Waals surface area (Å²) in [7, 11) is 3.09. The molecule has 0 saturated carbocycles. The van der Waals surface area contributed by atoms with Gasteiger partial charge >= 0.3 is 0 Å². The van der Waals surface area contributed by atoms with E-state index >= 15 is 0 Å². The molecule has 2 rings (SSSR count). The standard InChI is InChI=1S/C26H31NO6/c1-4-14-32-23-11-7-19(25(17-23)30-2)5-9-21(28)16-22(29)10-6-20-8-12-24(33-15-13-27)18-26(20)31-3/h5-12,17-18H,4,13-16,27H2,1-3H3/b9-5+,10-6+. The molecule has 0 aliphatic carbocycles.